The predicted molar refractivity (Wildman–Crippen MR) is 73.4 cm³/mol. The highest BCUT2D eigenvalue weighted by Gasteiger charge is 2.23. The lowest BCUT2D eigenvalue weighted by Gasteiger charge is -2.25. The first-order chi connectivity index (χ1) is 8.47. The first-order valence-corrected chi connectivity index (χ1v) is 7.56. The second kappa shape index (κ2) is 5.12. The zero-order valence-corrected chi connectivity index (χ0v) is 11.3. The molecule has 4 nitrogen and oxygen atoms in total. The molecule has 0 bridgehead atoms. The largest absolute Gasteiger partial charge is 0.399 e. The van der Waals surface area contributed by atoms with Crippen molar-refractivity contribution in [3.8, 4) is 0 Å². The highest BCUT2D eigenvalue weighted by molar-refractivity contribution is 7.88. The summed E-state index contributed by atoms with van der Waals surface area (Å²) in [7, 11) is -3.23. The van der Waals surface area contributed by atoms with Crippen molar-refractivity contribution in [3.63, 3.8) is 0 Å². The highest BCUT2D eigenvalue weighted by atomic mass is 32.2. The number of sulfonamides is 1. The number of nitrogen functional groups attached to an aromatic ring is 1. The van der Waals surface area contributed by atoms with Gasteiger partial charge in [-0.05, 0) is 31.0 Å². The molecule has 1 aromatic rings. The summed E-state index contributed by atoms with van der Waals surface area (Å²) in [6, 6.07) is 6.98. The van der Waals surface area contributed by atoms with Crippen LogP contribution in [0.15, 0.2) is 35.9 Å². The van der Waals surface area contributed by atoms with Crippen LogP contribution in [-0.2, 0) is 15.8 Å². The second-order valence-electron chi connectivity index (χ2n) is 4.67. The summed E-state index contributed by atoms with van der Waals surface area (Å²) < 4.78 is 26.1. The van der Waals surface area contributed by atoms with Crippen molar-refractivity contribution in [3.05, 3.63) is 41.5 Å². The monoisotopic (exact) mass is 266 g/mol. The van der Waals surface area contributed by atoms with Gasteiger partial charge in [0.05, 0.1) is 5.75 Å². The van der Waals surface area contributed by atoms with E-state index in [9.17, 15) is 8.42 Å². The molecular formula is C13H18N2O2S. The van der Waals surface area contributed by atoms with Gasteiger partial charge in [-0.1, -0.05) is 23.8 Å². The summed E-state index contributed by atoms with van der Waals surface area (Å²) in [6.07, 6.45) is 2.89. The molecule has 0 atom stereocenters. The molecule has 0 aromatic heterocycles. The molecular weight excluding hydrogens is 248 g/mol. The van der Waals surface area contributed by atoms with Gasteiger partial charge in [0.25, 0.3) is 0 Å². The normalized spacial score (nSPS) is 17.5. The SMILES string of the molecule is CC1=CCCN(S(=O)(=O)Cc2ccc(N)cc2)C1. The Kier molecular flexibility index (Phi) is 3.73. The van der Waals surface area contributed by atoms with Gasteiger partial charge in [0.2, 0.25) is 10.0 Å². The number of rotatable bonds is 3. The molecule has 1 aliphatic heterocycles. The molecule has 0 amide bonds. The van der Waals surface area contributed by atoms with E-state index in [4.69, 9.17) is 5.73 Å². The summed E-state index contributed by atoms with van der Waals surface area (Å²) in [6.45, 7) is 3.05. The van der Waals surface area contributed by atoms with Crippen LogP contribution in [0, 0.1) is 0 Å². The van der Waals surface area contributed by atoms with Crippen LogP contribution >= 0.6 is 0 Å². The second-order valence-corrected chi connectivity index (χ2v) is 6.64. The third kappa shape index (κ3) is 3.11. The van der Waals surface area contributed by atoms with Crippen molar-refractivity contribution < 1.29 is 8.42 Å². The molecule has 0 aliphatic carbocycles. The molecule has 18 heavy (non-hydrogen) atoms. The maximum atomic E-state index is 12.3. The molecule has 0 spiro atoms. The minimum absolute atomic E-state index is 0.0422. The van der Waals surface area contributed by atoms with Crippen LogP contribution in [0.4, 0.5) is 5.69 Å². The zero-order valence-electron chi connectivity index (χ0n) is 10.5. The van der Waals surface area contributed by atoms with E-state index in [1.165, 1.54) is 0 Å². The predicted octanol–water partition coefficient (Wildman–Crippen LogP) is 1.75. The zero-order chi connectivity index (χ0) is 13.2. The van der Waals surface area contributed by atoms with Gasteiger partial charge in [-0.3, -0.25) is 0 Å². The van der Waals surface area contributed by atoms with Crippen LogP contribution in [0.1, 0.15) is 18.9 Å². The Bertz CT molecular complexity index is 547. The number of nitrogens with two attached hydrogens (primary N) is 1. The van der Waals surface area contributed by atoms with Crippen molar-refractivity contribution in [1.29, 1.82) is 0 Å². The van der Waals surface area contributed by atoms with Gasteiger partial charge in [-0.25, -0.2) is 8.42 Å². The lowest BCUT2D eigenvalue weighted by Crippen LogP contribution is -2.36. The number of benzene rings is 1. The first kappa shape index (κ1) is 13.1. The van der Waals surface area contributed by atoms with E-state index in [1.807, 2.05) is 6.92 Å². The van der Waals surface area contributed by atoms with Crippen molar-refractivity contribution in [1.82, 2.24) is 4.31 Å². The number of hydrogen-bond acceptors (Lipinski definition) is 3. The maximum absolute atomic E-state index is 12.3. The van der Waals surface area contributed by atoms with E-state index in [0.29, 0.717) is 18.8 Å². The average Bonchev–Trinajstić information content (AvgIpc) is 2.32. The summed E-state index contributed by atoms with van der Waals surface area (Å²) >= 11 is 0. The van der Waals surface area contributed by atoms with Gasteiger partial charge in [-0.2, -0.15) is 4.31 Å². The molecule has 0 saturated carbocycles. The average molecular weight is 266 g/mol. The number of hydrogen-bond donors (Lipinski definition) is 1. The molecule has 1 aliphatic rings. The van der Waals surface area contributed by atoms with E-state index in [0.717, 1.165) is 17.6 Å². The molecule has 0 unspecified atom stereocenters. The van der Waals surface area contributed by atoms with Crippen molar-refractivity contribution in [2.75, 3.05) is 18.8 Å². The molecule has 0 radical (unpaired) electrons. The van der Waals surface area contributed by atoms with Gasteiger partial charge in [0, 0.05) is 18.8 Å². The molecule has 0 fully saturated rings. The van der Waals surface area contributed by atoms with E-state index >= 15 is 0 Å². The summed E-state index contributed by atoms with van der Waals surface area (Å²) in [5, 5.41) is 0. The van der Waals surface area contributed by atoms with Crippen LogP contribution in [0.3, 0.4) is 0 Å². The summed E-state index contributed by atoms with van der Waals surface area (Å²) in [4.78, 5) is 0. The number of anilines is 1. The van der Waals surface area contributed by atoms with E-state index < -0.39 is 10.0 Å². The van der Waals surface area contributed by atoms with Gasteiger partial charge in [-0.15, -0.1) is 0 Å². The molecule has 2 N–H and O–H groups in total. The van der Waals surface area contributed by atoms with Crippen LogP contribution in [0.2, 0.25) is 0 Å². The summed E-state index contributed by atoms with van der Waals surface area (Å²) in [5.41, 5.74) is 8.12. The van der Waals surface area contributed by atoms with E-state index in [2.05, 4.69) is 6.08 Å². The van der Waals surface area contributed by atoms with Crippen molar-refractivity contribution >= 4 is 15.7 Å². The Morgan fingerprint density at radius 2 is 1.94 bits per heavy atom. The quantitative estimate of drug-likeness (QED) is 0.669. The van der Waals surface area contributed by atoms with Crippen LogP contribution in [0.5, 0.6) is 0 Å². The van der Waals surface area contributed by atoms with Crippen molar-refractivity contribution in [2.24, 2.45) is 0 Å². The van der Waals surface area contributed by atoms with Crippen LogP contribution < -0.4 is 5.73 Å². The third-order valence-corrected chi connectivity index (χ3v) is 4.82. The first-order valence-electron chi connectivity index (χ1n) is 5.95. The highest BCUT2D eigenvalue weighted by Crippen LogP contribution is 2.17. The smallest absolute Gasteiger partial charge is 0.218 e. The van der Waals surface area contributed by atoms with Gasteiger partial charge < -0.3 is 5.73 Å². The van der Waals surface area contributed by atoms with E-state index in [1.54, 1.807) is 28.6 Å². The van der Waals surface area contributed by atoms with Gasteiger partial charge in [0.1, 0.15) is 0 Å². The fourth-order valence-electron chi connectivity index (χ4n) is 2.03. The van der Waals surface area contributed by atoms with Crippen molar-refractivity contribution in [2.45, 2.75) is 19.1 Å². The molecule has 98 valence electrons. The Hall–Kier alpha value is -1.33. The minimum Gasteiger partial charge on any atom is -0.399 e. The minimum atomic E-state index is -3.23. The lowest BCUT2D eigenvalue weighted by atomic mass is 10.2. The van der Waals surface area contributed by atoms with Crippen LogP contribution in [0.25, 0.3) is 0 Å². The summed E-state index contributed by atoms with van der Waals surface area (Å²) in [5.74, 6) is 0.0422. The molecule has 5 heteroatoms. The van der Waals surface area contributed by atoms with Crippen LogP contribution in [-0.4, -0.2) is 25.8 Å². The standard InChI is InChI=1S/C13H18N2O2S/c1-11-3-2-8-15(9-11)18(16,17)10-12-4-6-13(14)7-5-12/h3-7H,2,8-10,14H2,1H3. The van der Waals surface area contributed by atoms with Gasteiger partial charge >= 0.3 is 0 Å². The fourth-order valence-corrected chi connectivity index (χ4v) is 3.61. The third-order valence-electron chi connectivity index (χ3n) is 3.02. The van der Waals surface area contributed by atoms with E-state index in [-0.39, 0.29) is 5.75 Å². The number of nitrogens with zero attached hydrogens (tertiary/aromatic N) is 1. The maximum Gasteiger partial charge on any atom is 0.218 e. The molecule has 1 aromatic carbocycles. The Balaban J connectivity index is 2.12. The molecule has 1 heterocycles. The Labute approximate surface area is 108 Å². The molecule has 0 saturated heterocycles. The fraction of sp³-hybridized carbons (Fsp3) is 0.385. The molecule has 2 rings (SSSR count). The Morgan fingerprint density at radius 1 is 1.28 bits per heavy atom. The topological polar surface area (TPSA) is 63.4 Å². The van der Waals surface area contributed by atoms with Gasteiger partial charge in [0.15, 0.2) is 0 Å². The Morgan fingerprint density at radius 3 is 2.56 bits per heavy atom. The lowest BCUT2D eigenvalue weighted by molar-refractivity contribution is 0.427.